The molecule has 1 atom stereocenters. The number of aromatic amines is 1. The fraction of sp³-hybridized carbons (Fsp3) is 0.522. The van der Waals surface area contributed by atoms with Crippen LogP contribution in [0, 0.1) is 25.2 Å². The Hall–Kier alpha value is -2.43. The van der Waals surface area contributed by atoms with Gasteiger partial charge in [-0.1, -0.05) is 6.07 Å². The first-order chi connectivity index (χ1) is 14.5. The van der Waals surface area contributed by atoms with Crippen LogP contribution in [-0.4, -0.2) is 55.4 Å². The number of nitrogens with one attached hydrogen (secondary N) is 2. The minimum atomic E-state index is 0.281. The molecular formula is C23H30N5OS+. The van der Waals surface area contributed by atoms with Crippen molar-refractivity contribution in [3.05, 3.63) is 34.9 Å². The predicted octanol–water partition coefficient (Wildman–Crippen LogP) is 2.71. The smallest absolute Gasteiger partial charge is 0.293 e. The number of fused-ring (bicyclic) bond motifs is 1. The van der Waals surface area contributed by atoms with Crippen molar-refractivity contribution in [3.63, 3.8) is 0 Å². The molecule has 3 heterocycles. The average molecular weight is 425 g/mol. The van der Waals surface area contributed by atoms with Gasteiger partial charge in [-0.25, -0.2) is 4.98 Å². The summed E-state index contributed by atoms with van der Waals surface area (Å²) in [7, 11) is 0. The molecule has 30 heavy (non-hydrogen) atoms. The highest BCUT2D eigenvalue weighted by Crippen LogP contribution is 2.24. The molecule has 0 aliphatic carbocycles. The van der Waals surface area contributed by atoms with E-state index in [1.165, 1.54) is 11.1 Å². The third kappa shape index (κ3) is 4.50. The zero-order chi connectivity index (χ0) is 21.1. The molecule has 7 heteroatoms. The molecule has 4 rings (SSSR count). The predicted molar refractivity (Wildman–Crippen MR) is 123 cm³/mol. The van der Waals surface area contributed by atoms with E-state index in [0.717, 1.165) is 80.4 Å². The highest BCUT2D eigenvalue weighted by Gasteiger charge is 2.26. The van der Waals surface area contributed by atoms with Crippen LogP contribution in [-0.2, 0) is 4.74 Å². The van der Waals surface area contributed by atoms with Crippen LogP contribution < -0.4 is 15.2 Å². The molecule has 2 aromatic rings. The summed E-state index contributed by atoms with van der Waals surface area (Å²) in [4.78, 5) is 8.08. The molecule has 2 aliphatic rings. The number of rotatable bonds is 3. The molecule has 1 aromatic carbocycles. The van der Waals surface area contributed by atoms with Crippen molar-refractivity contribution in [2.24, 2.45) is 0 Å². The number of hydrogen-bond acceptors (Lipinski definition) is 4. The Morgan fingerprint density at radius 3 is 2.87 bits per heavy atom. The number of ether oxygens (including phenoxy) is 1. The number of thiocarbonyl (C=S) groups is 1. The number of H-pyrrole nitrogens is 1. The lowest BCUT2D eigenvalue weighted by atomic mass is 10.0. The minimum Gasteiger partial charge on any atom is -0.376 e. The maximum absolute atomic E-state index is 9.79. The molecule has 2 aliphatic heterocycles. The molecule has 2 N–H and O–H groups in total. The van der Waals surface area contributed by atoms with E-state index in [1.807, 2.05) is 6.07 Å². The van der Waals surface area contributed by atoms with Gasteiger partial charge in [-0.15, -0.1) is 0 Å². The fourth-order valence-electron chi connectivity index (χ4n) is 4.48. The van der Waals surface area contributed by atoms with Crippen LogP contribution in [0.25, 0.3) is 10.9 Å². The first-order valence-electron chi connectivity index (χ1n) is 10.8. The van der Waals surface area contributed by atoms with Gasteiger partial charge in [0.1, 0.15) is 23.7 Å². The van der Waals surface area contributed by atoms with E-state index in [-0.39, 0.29) is 6.10 Å². The summed E-state index contributed by atoms with van der Waals surface area (Å²) in [5, 5.41) is 15.1. The van der Waals surface area contributed by atoms with Crippen LogP contribution >= 0.6 is 12.2 Å². The second-order valence-corrected chi connectivity index (χ2v) is 8.72. The molecule has 0 bridgehead atoms. The number of pyridine rings is 1. The monoisotopic (exact) mass is 424 g/mol. The summed E-state index contributed by atoms with van der Waals surface area (Å²) in [5.74, 6) is 0.912. The zero-order valence-corrected chi connectivity index (χ0v) is 18.6. The van der Waals surface area contributed by atoms with Gasteiger partial charge in [0.2, 0.25) is 0 Å². The van der Waals surface area contributed by atoms with Crippen LogP contribution in [0.1, 0.15) is 36.0 Å². The molecule has 158 valence electrons. The summed E-state index contributed by atoms with van der Waals surface area (Å²) in [6, 6.07) is 8.73. The lowest BCUT2D eigenvalue weighted by Crippen LogP contribution is -2.44. The Labute approximate surface area is 183 Å². The van der Waals surface area contributed by atoms with Gasteiger partial charge in [0.25, 0.3) is 5.82 Å². The first-order valence-corrected chi connectivity index (χ1v) is 11.2. The number of anilines is 1. The van der Waals surface area contributed by atoms with Gasteiger partial charge < -0.3 is 15.0 Å². The molecule has 0 saturated carbocycles. The average Bonchev–Trinajstić information content (AvgIpc) is 3.13. The van der Waals surface area contributed by atoms with E-state index < -0.39 is 0 Å². The van der Waals surface area contributed by atoms with E-state index in [1.54, 1.807) is 0 Å². The van der Waals surface area contributed by atoms with Crippen LogP contribution in [0.4, 0.5) is 5.82 Å². The second-order valence-electron chi connectivity index (χ2n) is 8.34. The Bertz CT molecular complexity index is 980. The van der Waals surface area contributed by atoms with E-state index in [9.17, 15) is 5.26 Å². The topological polar surface area (TPSA) is 65.7 Å². The number of benzene rings is 1. The number of hydrogen-bond donors (Lipinski definition) is 1. The van der Waals surface area contributed by atoms with E-state index in [4.69, 9.17) is 17.0 Å². The number of aromatic nitrogens is 1. The molecule has 2 saturated heterocycles. The standard InChI is InChI=1S/C23H29N5OS/c1-16-11-17(2)20-13-18(14-24)22(26-21(20)12-16)27-6-4-7-28(9-8-27)23(30)25-15-19-5-3-10-29-19/h11-13,19H,3-10,15H2,1-2H3,(H,25,30)/p+1/t19-/m0/s1. The Morgan fingerprint density at radius 2 is 2.10 bits per heavy atom. The quantitative estimate of drug-likeness (QED) is 0.765. The molecule has 6 nitrogen and oxygen atoms in total. The van der Waals surface area contributed by atoms with Crippen molar-refractivity contribution < 1.29 is 9.72 Å². The largest absolute Gasteiger partial charge is 0.376 e. The third-order valence-corrected chi connectivity index (χ3v) is 6.46. The van der Waals surface area contributed by atoms with Gasteiger partial charge >= 0.3 is 0 Å². The summed E-state index contributed by atoms with van der Waals surface area (Å²) >= 11 is 5.65. The molecule has 0 spiro atoms. The molecule has 0 radical (unpaired) electrons. The SMILES string of the molecule is Cc1cc(C)c2cc(C#N)c(N3CCCN(C(=S)NC[C@@H]4CCCO4)CC3)[nH+]c2c1. The van der Waals surface area contributed by atoms with Crippen molar-refractivity contribution in [1.82, 2.24) is 10.2 Å². The van der Waals surface area contributed by atoms with Gasteiger partial charge in [-0.3, -0.25) is 4.90 Å². The lowest BCUT2D eigenvalue weighted by molar-refractivity contribution is -0.330. The summed E-state index contributed by atoms with van der Waals surface area (Å²) < 4.78 is 5.68. The fourth-order valence-corrected chi connectivity index (χ4v) is 4.74. The van der Waals surface area contributed by atoms with Gasteiger partial charge in [0.15, 0.2) is 5.11 Å². The number of nitriles is 1. The summed E-state index contributed by atoms with van der Waals surface area (Å²) in [6.45, 7) is 9.32. The molecule has 2 fully saturated rings. The Balaban J connectivity index is 1.48. The van der Waals surface area contributed by atoms with E-state index in [2.05, 4.69) is 52.2 Å². The van der Waals surface area contributed by atoms with Gasteiger partial charge in [-0.2, -0.15) is 5.26 Å². The van der Waals surface area contributed by atoms with Gasteiger partial charge in [-0.05, 0) is 62.2 Å². The normalized spacial score (nSPS) is 19.6. The summed E-state index contributed by atoms with van der Waals surface area (Å²) in [5.41, 5.74) is 4.18. The van der Waals surface area contributed by atoms with Crippen molar-refractivity contribution in [2.45, 2.75) is 39.2 Å². The van der Waals surface area contributed by atoms with Crippen LogP contribution in [0.15, 0.2) is 18.2 Å². The maximum atomic E-state index is 9.79. The minimum absolute atomic E-state index is 0.281. The summed E-state index contributed by atoms with van der Waals surface area (Å²) in [6.07, 6.45) is 3.52. The zero-order valence-electron chi connectivity index (χ0n) is 17.8. The first kappa shape index (κ1) is 20.8. The molecular weight excluding hydrogens is 394 g/mol. The highest BCUT2D eigenvalue weighted by molar-refractivity contribution is 7.80. The van der Waals surface area contributed by atoms with Crippen molar-refractivity contribution in [3.8, 4) is 6.07 Å². The van der Waals surface area contributed by atoms with E-state index >= 15 is 0 Å². The van der Waals surface area contributed by atoms with Gasteiger partial charge in [0, 0.05) is 31.5 Å². The van der Waals surface area contributed by atoms with Crippen LogP contribution in [0.2, 0.25) is 0 Å². The molecule has 1 aromatic heterocycles. The Kier molecular flexibility index (Phi) is 6.35. The number of aryl methyl sites for hydroxylation is 2. The van der Waals surface area contributed by atoms with E-state index in [0.29, 0.717) is 5.56 Å². The number of nitrogens with zero attached hydrogens (tertiary/aromatic N) is 3. The highest BCUT2D eigenvalue weighted by atomic mass is 32.1. The van der Waals surface area contributed by atoms with Crippen molar-refractivity contribution in [2.75, 3.05) is 44.2 Å². The molecule has 0 amide bonds. The molecule has 0 unspecified atom stereocenters. The third-order valence-electron chi connectivity index (χ3n) is 6.05. The lowest BCUT2D eigenvalue weighted by Gasteiger charge is -2.24. The van der Waals surface area contributed by atoms with Crippen LogP contribution in [0.5, 0.6) is 0 Å². The van der Waals surface area contributed by atoms with Crippen molar-refractivity contribution in [1.29, 1.82) is 5.26 Å². The van der Waals surface area contributed by atoms with Crippen LogP contribution in [0.3, 0.4) is 0 Å². The second kappa shape index (κ2) is 9.15. The Morgan fingerprint density at radius 1 is 1.23 bits per heavy atom. The maximum Gasteiger partial charge on any atom is 0.293 e. The van der Waals surface area contributed by atoms with Gasteiger partial charge in [0.05, 0.1) is 19.2 Å². The van der Waals surface area contributed by atoms with Crippen molar-refractivity contribution >= 4 is 34.1 Å².